The van der Waals surface area contributed by atoms with Gasteiger partial charge < -0.3 is 9.84 Å². The first-order valence-electron chi connectivity index (χ1n) is 5.78. The molecule has 2 rings (SSSR count). The van der Waals surface area contributed by atoms with Crippen LogP contribution in [0.4, 0.5) is 5.69 Å². The molecule has 0 saturated carbocycles. The van der Waals surface area contributed by atoms with Crippen molar-refractivity contribution >= 4 is 22.4 Å². The maximum absolute atomic E-state index is 10.9. The van der Waals surface area contributed by atoms with Gasteiger partial charge >= 0.3 is 5.97 Å². The molecule has 0 bridgehead atoms. The zero-order chi connectivity index (χ0) is 14.5. The first kappa shape index (κ1) is 13.5. The molecule has 1 N–H and O–H groups in total. The van der Waals surface area contributed by atoms with Crippen LogP contribution >= 0.6 is 0 Å². The number of hydrogen-bond acceptors (Lipinski definition) is 4. The molecule has 0 spiro atoms. The molecule has 0 unspecified atom stereocenters. The van der Waals surface area contributed by atoms with Crippen LogP contribution in [0.1, 0.15) is 0 Å². The number of benzene rings is 2. The highest BCUT2D eigenvalue weighted by Gasteiger charge is 2.14. The van der Waals surface area contributed by atoms with Gasteiger partial charge in [0.25, 0.3) is 5.69 Å². The predicted molar refractivity (Wildman–Crippen MR) is 72.9 cm³/mol. The van der Waals surface area contributed by atoms with E-state index in [1.54, 1.807) is 24.3 Å². The molecule has 0 atom stereocenters. The van der Waals surface area contributed by atoms with E-state index in [1.165, 1.54) is 18.2 Å². The van der Waals surface area contributed by atoms with Gasteiger partial charge in [0.1, 0.15) is 12.4 Å². The van der Waals surface area contributed by atoms with Crippen molar-refractivity contribution in [3.63, 3.8) is 0 Å². The fraction of sp³-hybridized carbons (Fsp3) is 0.0714. The summed E-state index contributed by atoms with van der Waals surface area (Å²) in [5.74, 6) is -0.580. The molecule has 0 radical (unpaired) electrons. The van der Waals surface area contributed by atoms with Crippen molar-refractivity contribution in [2.75, 3.05) is 6.61 Å². The summed E-state index contributed by atoms with van der Waals surface area (Å²) in [6, 6.07) is 9.72. The van der Waals surface area contributed by atoms with Crippen molar-refractivity contribution < 1.29 is 19.6 Å². The molecule has 2 aromatic carbocycles. The van der Waals surface area contributed by atoms with Crippen LogP contribution < -0.4 is 4.74 Å². The molecule has 2 aromatic rings. The number of ether oxygens (including phenoxy) is 1. The van der Waals surface area contributed by atoms with Crippen molar-refractivity contribution in [1.82, 2.24) is 0 Å². The van der Waals surface area contributed by atoms with Crippen LogP contribution in [0.2, 0.25) is 0 Å². The number of fused-ring (bicyclic) bond motifs is 1. The minimum Gasteiger partial charge on any atom is -0.489 e. The Morgan fingerprint density at radius 2 is 1.95 bits per heavy atom. The summed E-state index contributed by atoms with van der Waals surface area (Å²) < 4.78 is 5.43. The van der Waals surface area contributed by atoms with Gasteiger partial charge in [-0.25, -0.2) is 4.79 Å². The van der Waals surface area contributed by atoms with E-state index in [0.29, 0.717) is 16.5 Å². The standard InChI is InChI=1S/C14H11NO5/c16-14(17)6-3-9-20-13-8-7-12(15(18)19)10-4-1-2-5-11(10)13/h1-8H,9H2,(H,16,17)/b6-3+. The van der Waals surface area contributed by atoms with E-state index < -0.39 is 10.9 Å². The van der Waals surface area contributed by atoms with Gasteiger partial charge in [-0.2, -0.15) is 0 Å². The number of nitro benzene ring substituents is 1. The number of non-ortho nitro benzene ring substituents is 1. The summed E-state index contributed by atoms with van der Waals surface area (Å²) >= 11 is 0. The van der Waals surface area contributed by atoms with Crippen molar-refractivity contribution in [2.45, 2.75) is 0 Å². The van der Waals surface area contributed by atoms with E-state index in [2.05, 4.69) is 0 Å². The van der Waals surface area contributed by atoms with Crippen molar-refractivity contribution in [1.29, 1.82) is 0 Å². The molecule has 0 aliphatic carbocycles. The van der Waals surface area contributed by atoms with E-state index >= 15 is 0 Å². The van der Waals surface area contributed by atoms with Crippen molar-refractivity contribution in [3.05, 3.63) is 58.7 Å². The van der Waals surface area contributed by atoms with Gasteiger partial charge in [0.05, 0.1) is 10.3 Å². The van der Waals surface area contributed by atoms with Crippen LogP contribution in [0.25, 0.3) is 10.8 Å². The Bertz CT molecular complexity index is 693. The topological polar surface area (TPSA) is 89.7 Å². The molecule has 6 heteroatoms. The zero-order valence-electron chi connectivity index (χ0n) is 10.4. The van der Waals surface area contributed by atoms with Crippen LogP contribution in [0.3, 0.4) is 0 Å². The fourth-order valence-electron chi connectivity index (χ4n) is 1.83. The number of carboxylic acid groups (broad SMARTS) is 1. The third-order valence-corrected chi connectivity index (χ3v) is 2.65. The van der Waals surface area contributed by atoms with Crippen LogP contribution in [0, 0.1) is 10.1 Å². The van der Waals surface area contributed by atoms with Crippen LogP contribution in [0.15, 0.2) is 48.6 Å². The molecule has 102 valence electrons. The largest absolute Gasteiger partial charge is 0.489 e. The number of carboxylic acids is 1. The highest BCUT2D eigenvalue weighted by atomic mass is 16.6. The van der Waals surface area contributed by atoms with Crippen LogP contribution in [-0.4, -0.2) is 22.6 Å². The summed E-state index contributed by atoms with van der Waals surface area (Å²) in [6.45, 7) is 0.0775. The highest BCUT2D eigenvalue weighted by molar-refractivity contribution is 5.95. The van der Waals surface area contributed by atoms with Crippen LogP contribution in [0.5, 0.6) is 5.75 Å². The lowest BCUT2D eigenvalue weighted by Crippen LogP contribution is -1.97. The first-order valence-corrected chi connectivity index (χ1v) is 5.78. The summed E-state index contributed by atoms with van der Waals surface area (Å²) in [4.78, 5) is 20.8. The molecule has 0 fully saturated rings. The maximum Gasteiger partial charge on any atom is 0.328 e. The minimum absolute atomic E-state index is 0.00836. The van der Waals surface area contributed by atoms with E-state index in [9.17, 15) is 14.9 Å². The summed E-state index contributed by atoms with van der Waals surface area (Å²) in [5, 5.41) is 20.5. The molecular formula is C14H11NO5. The molecule has 0 aliphatic heterocycles. The molecule has 6 nitrogen and oxygen atoms in total. The van der Waals surface area contributed by atoms with Gasteiger partial charge in [-0.15, -0.1) is 0 Å². The van der Waals surface area contributed by atoms with Gasteiger partial charge in [0.15, 0.2) is 0 Å². The quantitative estimate of drug-likeness (QED) is 0.514. The second kappa shape index (κ2) is 5.83. The maximum atomic E-state index is 10.9. The van der Waals surface area contributed by atoms with Gasteiger partial charge in [-0.1, -0.05) is 18.2 Å². The second-order valence-corrected chi connectivity index (χ2v) is 3.94. The third-order valence-electron chi connectivity index (χ3n) is 2.65. The minimum atomic E-state index is -1.05. The van der Waals surface area contributed by atoms with E-state index in [0.717, 1.165) is 6.08 Å². The number of carbonyl (C=O) groups is 1. The number of hydrogen-bond donors (Lipinski definition) is 1. The van der Waals surface area contributed by atoms with Crippen molar-refractivity contribution in [3.8, 4) is 5.75 Å². The third kappa shape index (κ3) is 2.92. The predicted octanol–water partition coefficient (Wildman–Crippen LogP) is 2.77. The monoisotopic (exact) mass is 273 g/mol. The van der Waals surface area contributed by atoms with Crippen molar-refractivity contribution in [2.24, 2.45) is 0 Å². The molecule has 0 saturated heterocycles. The van der Waals surface area contributed by atoms with E-state index in [1.807, 2.05) is 0 Å². The Labute approximate surface area is 114 Å². The van der Waals surface area contributed by atoms with E-state index in [-0.39, 0.29) is 12.3 Å². The Morgan fingerprint density at radius 3 is 2.60 bits per heavy atom. The lowest BCUT2D eigenvalue weighted by molar-refractivity contribution is -0.383. The molecular weight excluding hydrogens is 262 g/mol. The average Bonchev–Trinajstić information content (AvgIpc) is 2.43. The van der Waals surface area contributed by atoms with Crippen LogP contribution in [-0.2, 0) is 4.79 Å². The molecule has 0 amide bonds. The lowest BCUT2D eigenvalue weighted by Gasteiger charge is -2.07. The SMILES string of the molecule is O=C(O)/C=C/COc1ccc([N+](=O)[O-])c2ccccc12. The molecule has 0 aliphatic rings. The van der Waals surface area contributed by atoms with Gasteiger partial charge in [-0.3, -0.25) is 10.1 Å². The molecule has 20 heavy (non-hydrogen) atoms. The normalized spacial score (nSPS) is 10.8. The van der Waals surface area contributed by atoms with Gasteiger partial charge in [0.2, 0.25) is 0 Å². The zero-order valence-corrected chi connectivity index (χ0v) is 10.4. The number of nitrogens with zero attached hydrogens (tertiary/aromatic N) is 1. The number of aliphatic carboxylic acids is 1. The lowest BCUT2D eigenvalue weighted by atomic mass is 10.1. The second-order valence-electron chi connectivity index (χ2n) is 3.94. The Balaban J connectivity index is 2.33. The number of nitro groups is 1. The average molecular weight is 273 g/mol. The van der Waals surface area contributed by atoms with Gasteiger partial charge in [0, 0.05) is 17.5 Å². The molecule has 0 aromatic heterocycles. The number of rotatable bonds is 5. The summed E-state index contributed by atoms with van der Waals surface area (Å²) in [5.41, 5.74) is 0.00836. The Hall–Kier alpha value is -2.89. The first-order chi connectivity index (χ1) is 9.59. The van der Waals surface area contributed by atoms with E-state index in [4.69, 9.17) is 9.84 Å². The Morgan fingerprint density at radius 1 is 1.25 bits per heavy atom. The highest BCUT2D eigenvalue weighted by Crippen LogP contribution is 2.32. The molecule has 0 heterocycles. The summed E-state index contributed by atoms with van der Waals surface area (Å²) in [6.07, 6.45) is 2.34. The smallest absolute Gasteiger partial charge is 0.328 e. The summed E-state index contributed by atoms with van der Waals surface area (Å²) in [7, 11) is 0. The van der Waals surface area contributed by atoms with Gasteiger partial charge in [-0.05, 0) is 18.2 Å². The Kier molecular flexibility index (Phi) is 3.95. The fourth-order valence-corrected chi connectivity index (χ4v) is 1.83.